The zero-order valence-electron chi connectivity index (χ0n) is 19.2. The number of nitrogens with two attached hydrogens (primary N) is 1. The van der Waals surface area contributed by atoms with Gasteiger partial charge in [0.25, 0.3) is 5.91 Å². The van der Waals surface area contributed by atoms with Gasteiger partial charge in [0.15, 0.2) is 0 Å². The number of hydrogen-bond donors (Lipinski definition) is 3. The zero-order valence-corrected chi connectivity index (χ0v) is 20.0. The summed E-state index contributed by atoms with van der Waals surface area (Å²) in [5, 5.41) is 18.6. The normalized spacial score (nSPS) is 17.4. The molecule has 34 heavy (non-hydrogen) atoms. The van der Waals surface area contributed by atoms with E-state index in [0.29, 0.717) is 12.2 Å². The fourth-order valence-corrected chi connectivity index (χ4v) is 5.62. The number of carbonyl (C=O) groups is 2. The second-order valence-corrected chi connectivity index (χ2v) is 9.85. The maximum absolute atomic E-state index is 13.5. The van der Waals surface area contributed by atoms with E-state index in [0.717, 1.165) is 40.0 Å². The molecule has 2 unspecified atom stereocenters. The molecule has 0 fully saturated rings. The minimum atomic E-state index is -0.969. The maximum Gasteiger partial charge on any atom is 0.337 e. The molecular weight excluding hydrogens is 446 g/mol. The highest BCUT2D eigenvalue weighted by molar-refractivity contribution is 7.97. The summed E-state index contributed by atoms with van der Waals surface area (Å²) in [6, 6.07) is 17.2. The van der Waals surface area contributed by atoms with Crippen LogP contribution < -0.4 is 10.5 Å². The summed E-state index contributed by atoms with van der Waals surface area (Å²) in [6.07, 6.45) is 1.68. The number of aryl methyl sites for hydroxylation is 1. The van der Waals surface area contributed by atoms with Gasteiger partial charge in [0.1, 0.15) is 0 Å². The first-order valence-electron chi connectivity index (χ1n) is 11.4. The van der Waals surface area contributed by atoms with Crippen molar-refractivity contribution in [2.45, 2.75) is 50.2 Å². The van der Waals surface area contributed by atoms with Gasteiger partial charge < -0.3 is 15.3 Å². The van der Waals surface area contributed by atoms with Gasteiger partial charge in [-0.1, -0.05) is 24.3 Å². The van der Waals surface area contributed by atoms with Crippen molar-refractivity contribution in [3.63, 3.8) is 0 Å². The number of carboxylic acids is 1. The number of para-hydroxylation sites is 1. The van der Waals surface area contributed by atoms with Crippen LogP contribution in [0.3, 0.4) is 0 Å². The predicted octanol–water partition coefficient (Wildman–Crippen LogP) is 4.96. The fourth-order valence-electron chi connectivity index (χ4n) is 5.26. The molecule has 0 aromatic heterocycles. The largest absolute Gasteiger partial charge is 0.478 e. The van der Waals surface area contributed by atoms with Gasteiger partial charge in [-0.25, -0.2) is 4.79 Å². The van der Waals surface area contributed by atoms with E-state index in [-0.39, 0.29) is 23.6 Å². The summed E-state index contributed by atoms with van der Waals surface area (Å²) in [4.78, 5) is 28.2. The summed E-state index contributed by atoms with van der Waals surface area (Å²) < 4.78 is 0. The summed E-state index contributed by atoms with van der Waals surface area (Å²) in [7, 11) is 0. The zero-order chi connectivity index (χ0) is 24.0. The van der Waals surface area contributed by atoms with Gasteiger partial charge in [-0.15, -0.1) is 0 Å². The van der Waals surface area contributed by atoms with E-state index in [9.17, 15) is 14.7 Å². The third-order valence-corrected chi connectivity index (χ3v) is 7.44. The third kappa shape index (κ3) is 3.95. The molecule has 2 atom stereocenters. The van der Waals surface area contributed by atoms with Crippen molar-refractivity contribution in [3.8, 4) is 0 Å². The van der Waals surface area contributed by atoms with Crippen molar-refractivity contribution in [1.82, 2.24) is 4.90 Å². The van der Waals surface area contributed by atoms with Crippen LogP contribution in [0, 0.1) is 6.92 Å². The smallest absolute Gasteiger partial charge is 0.337 e. The summed E-state index contributed by atoms with van der Waals surface area (Å²) >= 11 is 1.24. The van der Waals surface area contributed by atoms with Crippen molar-refractivity contribution in [1.29, 1.82) is 0 Å². The molecule has 6 nitrogen and oxygen atoms in total. The first-order chi connectivity index (χ1) is 16.4. The highest BCUT2D eigenvalue weighted by Gasteiger charge is 2.37. The van der Waals surface area contributed by atoms with Gasteiger partial charge >= 0.3 is 5.97 Å². The Hall–Kier alpha value is -3.29. The average Bonchev–Trinajstić information content (AvgIpc) is 3.39. The Balaban J connectivity index is 1.42. The van der Waals surface area contributed by atoms with Crippen LogP contribution in [0.1, 0.15) is 61.5 Å². The lowest BCUT2D eigenvalue weighted by Crippen LogP contribution is -2.36. The minimum absolute atomic E-state index is 0.0734. The molecule has 1 amide bonds. The number of anilines is 1. The van der Waals surface area contributed by atoms with Crippen LogP contribution in [0.4, 0.5) is 5.69 Å². The molecule has 0 spiro atoms. The fraction of sp³-hybridized carbons (Fsp3) is 0.259. The van der Waals surface area contributed by atoms with Crippen LogP contribution in [0.15, 0.2) is 59.5 Å². The Bertz CT molecular complexity index is 1310. The summed E-state index contributed by atoms with van der Waals surface area (Å²) in [6.45, 7) is 4.57. The van der Waals surface area contributed by atoms with Crippen LogP contribution in [0.5, 0.6) is 0 Å². The standard InChI is InChI=1S/C27H27N3O3S/c1-15-9-22(16(2)29-25-6-4-3-5-21(25)27(32)33)24-14-30(26(31)23(24)10-15)19-11-17-7-8-20(34-28)13-18(17)12-19/h3-10,13,16,19,29H,11-12,14,28H2,1-2H3,(H,32,33). The minimum Gasteiger partial charge on any atom is -0.478 e. The number of nitrogens with one attached hydrogen (secondary N) is 1. The van der Waals surface area contributed by atoms with Gasteiger partial charge in [0.2, 0.25) is 0 Å². The Morgan fingerprint density at radius 1 is 1.15 bits per heavy atom. The van der Waals surface area contributed by atoms with Crippen molar-refractivity contribution in [2.75, 3.05) is 5.32 Å². The molecular formula is C27H27N3O3S. The van der Waals surface area contributed by atoms with Crippen LogP contribution >= 0.6 is 11.9 Å². The Labute approximate surface area is 203 Å². The number of aromatic carboxylic acids is 1. The number of fused-ring (bicyclic) bond motifs is 2. The number of hydrogen-bond acceptors (Lipinski definition) is 5. The molecule has 1 aliphatic carbocycles. The first-order valence-corrected chi connectivity index (χ1v) is 12.3. The molecule has 0 saturated carbocycles. The molecule has 7 heteroatoms. The van der Waals surface area contributed by atoms with E-state index < -0.39 is 5.97 Å². The van der Waals surface area contributed by atoms with Gasteiger partial charge in [0.05, 0.1) is 5.56 Å². The van der Waals surface area contributed by atoms with E-state index in [1.54, 1.807) is 18.2 Å². The number of carboxylic acid groups (broad SMARTS) is 1. The molecule has 3 aromatic rings. The van der Waals surface area contributed by atoms with E-state index in [2.05, 4.69) is 23.5 Å². The van der Waals surface area contributed by atoms with Crippen LogP contribution in [0.25, 0.3) is 0 Å². The van der Waals surface area contributed by atoms with Gasteiger partial charge in [-0.2, -0.15) is 0 Å². The molecule has 1 aliphatic heterocycles. The maximum atomic E-state index is 13.5. The lowest BCUT2D eigenvalue weighted by atomic mass is 9.95. The van der Waals surface area contributed by atoms with Crippen LogP contribution in [-0.4, -0.2) is 27.9 Å². The summed E-state index contributed by atoms with van der Waals surface area (Å²) in [5.41, 5.74) is 7.17. The van der Waals surface area contributed by atoms with Crippen molar-refractivity contribution in [2.24, 2.45) is 5.14 Å². The second kappa shape index (κ2) is 8.81. The lowest BCUT2D eigenvalue weighted by molar-refractivity contribution is 0.0692. The van der Waals surface area contributed by atoms with Gasteiger partial charge in [-0.3, -0.25) is 9.93 Å². The molecule has 0 saturated heterocycles. The number of benzene rings is 3. The van der Waals surface area contributed by atoms with E-state index in [1.807, 2.05) is 36.9 Å². The molecule has 3 aromatic carbocycles. The third-order valence-electron chi connectivity index (χ3n) is 6.91. The molecule has 2 aliphatic rings. The number of rotatable bonds is 6. The van der Waals surface area contributed by atoms with Crippen molar-refractivity contribution >= 4 is 29.5 Å². The highest BCUT2D eigenvalue weighted by Crippen LogP contribution is 2.37. The second-order valence-electron chi connectivity index (χ2n) is 9.14. The molecule has 4 N–H and O–H groups in total. The quantitative estimate of drug-likeness (QED) is 0.438. The Morgan fingerprint density at radius 3 is 2.68 bits per heavy atom. The molecule has 0 radical (unpaired) electrons. The van der Waals surface area contributed by atoms with Crippen molar-refractivity contribution < 1.29 is 14.7 Å². The van der Waals surface area contributed by atoms with E-state index >= 15 is 0 Å². The predicted molar refractivity (Wildman–Crippen MR) is 134 cm³/mol. The topological polar surface area (TPSA) is 95.7 Å². The van der Waals surface area contributed by atoms with E-state index in [1.165, 1.54) is 23.1 Å². The Morgan fingerprint density at radius 2 is 1.91 bits per heavy atom. The molecule has 1 heterocycles. The average molecular weight is 474 g/mol. The van der Waals surface area contributed by atoms with E-state index in [4.69, 9.17) is 5.14 Å². The van der Waals surface area contributed by atoms with Gasteiger partial charge in [-0.05, 0) is 96.8 Å². The molecule has 174 valence electrons. The first kappa shape index (κ1) is 22.5. The van der Waals surface area contributed by atoms with Crippen LogP contribution in [-0.2, 0) is 19.4 Å². The summed E-state index contributed by atoms with van der Waals surface area (Å²) in [5.74, 6) is -0.896. The van der Waals surface area contributed by atoms with Crippen LogP contribution in [0.2, 0.25) is 0 Å². The monoisotopic (exact) mass is 473 g/mol. The molecule has 5 rings (SSSR count). The number of nitrogens with zero attached hydrogens (tertiary/aromatic N) is 1. The Kier molecular flexibility index (Phi) is 5.83. The number of amides is 1. The van der Waals surface area contributed by atoms with Crippen molar-refractivity contribution in [3.05, 3.63) is 93.5 Å². The molecule has 0 bridgehead atoms. The SMILES string of the molecule is Cc1cc2c(c(C(C)Nc3ccccc3C(=O)O)c1)CN(C1Cc3ccc(SN)cc3C1)C2=O. The highest BCUT2D eigenvalue weighted by atomic mass is 32.2. The van der Waals surface area contributed by atoms with Gasteiger partial charge in [0, 0.05) is 34.8 Å². The lowest BCUT2D eigenvalue weighted by Gasteiger charge is -2.24. The number of carbonyl (C=O) groups excluding carboxylic acids is 1.